The summed E-state index contributed by atoms with van der Waals surface area (Å²) in [6.45, 7) is 10.6. The minimum atomic E-state index is -0.246. The van der Waals surface area contributed by atoms with Gasteiger partial charge in [-0.15, -0.1) is 0 Å². The van der Waals surface area contributed by atoms with Crippen molar-refractivity contribution in [2.75, 3.05) is 43.0 Å². The van der Waals surface area contributed by atoms with E-state index >= 15 is 0 Å². The Kier molecular flexibility index (Phi) is 8.02. The first-order valence-corrected chi connectivity index (χ1v) is 11.5. The van der Waals surface area contributed by atoms with Crippen LogP contribution in [0, 0.1) is 6.92 Å². The van der Waals surface area contributed by atoms with Crippen LogP contribution in [0.1, 0.15) is 44.2 Å². The van der Waals surface area contributed by atoms with Crippen LogP contribution in [0.2, 0.25) is 5.02 Å². The molecular formula is C25H32ClN3O3. The van der Waals surface area contributed by atoms with Gasteiger partial charge in [-0.05, 0) is 42.2 Å². The highest BCUT2D eigenvalue weighted by molar-refractivity contribution is 6.34. The van der Waals surface area contributed by atoms with Crippen LogP contribution < -0.4 is 15.0 Å². The minimum Gasteiger partial charge on any atom is -0.483 e. The quantitative estimate of drug-likeness (QED) is 0.645. The number of hydrogen-bond donors (Lipinski definition) is 1. The highest BCUT2D eigenvalue weighted by Gasteiger charge is 2.24. The number of rotatable bonds is 7. The summed E-state index contributed by atoms with van der Waals surface area (Å²) in [6, 6.07) is 11.5. The van der Waals surface area contributed by atoms with E-state index in [1.54, 1.807) is 0 Å². The summed E-state index contributed by atoms with van der Waals surface area (Å²) in [5.74, 6) is 0.945. The van der Waals surface area contributed by atoms with Crippen LogP contribution in [-0.2, 0) is 9.59 Å². The molecule has 2 aromatic carbocycles. The summed E-state index contributed by atoms with van der Waals surface area (Å²) < 4.78 is 5.88. The van der Waals surface area contributed by atoms with Crippen molar-refractivity contribution in [1.29, 1.82) is 0 Å². The van der Waals surface area contributed by atoms with Crippen molar-refractivity contribution >= 4 is 34.8 Å². The van der Waals surface area contributed by atoms with Crippen molar-refractivity contribution in [1.82, 2.24) is 4.90 Å². The van der Waals surface area contributed by atoms with Gasteiger partial charge in [0.05, 0.1) is 16.4 Å². The lowest BCUT2D eigenvalue weighted by Gasteiger charge is -2.37. The number of ether oxygens (including phenoxy) is 1. The van der Waals surface area contributed by atoms with Crippen molar-refractivity contribution in [2.24, 2.45) is 0 Å². The molecule has 1 fully saturated rings. The van der Waals surface area contributed by atoms with E-state index in [1.165, 1.54) is 0 Å². The zero-order chi connectivity index (χ0) is 23.3. The first-order chi connectivity index (χ1) is 15.3. The number of nitrogens with zero attached hydrogens (tertiary/aromatic N) is 2. The molecule has 6 nitrogen and oxygen atoms in total. The summed E-state index contributed by atoms with van der Waals surface area (Å²) in [5.41, 5.74) is 3.59. The molecule has 32 heavy (non-hydrogen) atoms. The molecule has 1 heterocycles. The van der Waals surface area contributed by atoms with Gasteiger partial charge in [-0.25, -0.2) is 0 Å². The molecule has 2 aromatic rings. The molecule has 1 saturated heterocycles. The first kappa shape index (κ1) is 23.9. The Morgan fingerprint density at radius 2 is 1.84 bits per heavy atom. The molecule has 172 valence electrons. The average Bonchev–Trinajstić information content (AvgIpc) is 2.77. The van der Waals surface area contributed by atoms with Crippen LogP contribution >= 0.6 is 11.6 Å². The molecule has 7 heteroatoms. The predicted octanol–water partition coefficient (Wildman–Crippen LogP) is 4.85. The number of carbonyl (C=O) groups is 2. The number of carbonyl (C=O) groups excluding carboxylic acids is 2. The molecule has 0 spiro atoms. The Hall–Kier alpha value is -2.73. The normalized spacial score (nSPS) is 13.9. The Bertz CT molecular complexity index is 969. The smallest absolute Gasteiger partial charge is 0.262 e. The van der Waals surface area contributed by atoms with Gasteiger partial charge in [0.15, 0.2) is 6.61 Å². The highest BCUT2D eigenvalue weighted by Crippen LogP contribution is 2.35. The van der Waals surface area contributed by atoms with Crippen LogP contribution in [0.3, 0.4) is 0 Å². The number of nitrogens with one attached hydrogen (secondary N) is 1. The van der Waals surface area contributed by atoms with Crippen molar-refractivity contribution in [3.8, 4) is 5.75 Å². The highest BCUT2D eigenvalue weighted by atomic mass is 35.5. The summed E-state index contributed by atoms with van der Waals surface area (Å²) in [4.78, 5) is 28.7. The molecule has 0 unspecified atom stereocenters. The van der Waals surface area contributed by atoms with E-state index in [0.29, 0.717) is 49.2 Å². The second-order valence-electron chi connectivity index (χ2n) is 8.39. The SMILES string of the molecule is CCC(=O)N1CCN(c2c(Cl)cccc2NC(=O)COc2cc(C)ccc2C(C)C)CC1. The standard InChI is InChI=1S/C25H32ClN3O3/c1-5-24(31)28-11-13-29(14-12-28)25-20(26)7-6-8-21(25)27-23(30)16-32-22-15-18(4)9-10-19(22)17(2)3/h6-10,15,17H,5,11-14,16H2,1-4H3,(H,27,30). The predicted molar refractivity (Wildman–Crippen MR) is 130 cm³/mol. The molecule has 3 rings (SSSR count). The molecule has 0 aromatic heterocycles. The van der Waals surface area contributed by atoms with E-state index in [9.17, 15) is 9.59 Å². The van der Waals surface area contributed by atoms with Gasteiger partial charge >= 0.3 is 0 Å². The maximum Gasteiger partial charge on any atom is 0.262 e. The van der Waals surface area contributed by atoms with E-state index in [0.717, 1.165) is 22.6 Å². The number of halogens is 1. The van der Waals surface area contributed by atoms with Crippen LogP contribution in [0.4, 0.5) is 11.4 Å². The monoisotopic (exact) mass is 457 g/mol. The second kappa shape index (κ2) is 10.7. The first-order valence-electron chi connectivity index (χ1n) is 11.1. The fourth-order valence-electron chi connectivity index (χ4n) is 3.91. The maximum absolute atomic E-state index is 12.7. The third-order valence-corrected chi connectivity index (χ3v) is 5.97. The average molecular weight is 458 g/mol. The third kappa shape index (κ3) is 5.74. The Balaban J connectivity index is 1.68. The van der Waals surface area contributed by atoms with Gasteiger partial charge in [-0.2, -0.15) is 0 Å². The lowest BCUT2D eigenvalue weighted by molar-refractivity contribution is -0.131. The second-order valence-corrected chi connectivity index (χ2v) is 8.80. The van der Waals surface area contributed by atoms with E-state index in [-0.39, 0.29) is 18.4 Å². The van der Waals surface area contributed by atoms with Gasteiger partial charge in [-0.3, -0.25) is 9.59 Å². The number of aryl methyl sites for hydroxylation is 1. The van der Waals surface area contributed by atoms with Gasteiger partial charge in [0, 0.05) is 32.6 Å². The Labute approximate surface area is 195 Å². The molecule has 0 saturated carbocycles. The summed E-state index contributed by atoms with van der Waals surface area (Å²) >= 11 is 6.51. The number of amides is 2. The van der Waals surface area contributed by atoms with Gasteiger partial charge in [0.2, 0.25) is 5.91 Å². The molecule has 0 aliphatic carbocycles. The fourth-order valence-corrected chi connectivity index (χ4v) is 4.21. The molecule has 2 amide bonds. The van der Waals surface area contributed by atoms with Gasteiger partial charge < -0.3 is 19.9 Å². The number of benzene rings is 2. The van der Waals surface area contributed by atoms with Crippen LogP contribution in [0.5, 0.6) is 5.75 Å². The van der Waals surface area contributed by atoms with Gasteiger partial charge in [0.1, 0.15) is 5.75 Å². The van der Waals surface area contributed by atoms with E-state index in [4.69, 9.17) is 16.3 Å². The van der Waals surface area contributed by atoms with Crippen molar-refractivity contribution in [2.45, 2.75) is 40.0 Å². The van der Waals surface area contributed by atoms with Crippen molar-refractivity contribution in [3.63, 3.8) is 0 Å². The Morgan fingerprint density at radius 1 is 1.12 bits per heavy atom. The van der Waals surface area contributed by atoms with Crippen LogP contribution in [0.25, 0.3) is 0 Å². The Morgan fingerprint density at radius 3 is 2.50 bits per heavy atom. The molecule has 1 N–H and O–H groups in total. The molecule has 0 bridgehead atoms. The lowest BCUT2D eigenvalue weighted by Crippen LogP contribution is -2.48. The zero-order valence-corrected chi connectivity index (χ0v) is 20.0. The van der Waals surface area contributed by atoms with Gasteiger partial charge in [0.25, 0.3) is 5.91 Å². The maximum atomic E-state index is 12.7. The number of hydrogen-bond acceptors (Lipinski definition) is 4. The van der Waals surface area contributed by atoms with Crippen molar-refractivity contribution < 1.29 is 14.3 Å². The largest absolute Gasteiger partial charge is 0.483 e. The van der Waals surface area contributed by atoms with Crippen LogP contribution in [-0.4, -0.2) is 49.5 Å². The fraction of sp³-hybridized carbons (Fsp3) is 0.440. The molecule has 1 aliphatic rings. The molecule has 1 aliphatic heterocycles. The van der Waals surface area contributed by atoms with E-state index < -0.39 is 0 Å². The van der Waals surface area contributed by atoms with Gasteiger partial charge in [-0.1, -0.05) is 50.6 Å². The van der Waals surface area contributed by atoms with E-state index in [2.05, 4.69) is 24.1 Å². The number of piperazine rings is 1. The zero-order valence-electron chi connectivity index (χ0n) is 19.3. The summed E-state index contributed by atoms with van der Waals surface area (Å²) in [6.07, 6.45) is 0.507. The summed E-state index contributed by atoms with van der Waals surface area (Å²) in [5, 5.41) is 3.53. The summed E-state index contributed by atoms with van der Waals surface area (Å²) in [7, 11) is 0. The minimum absolute atomic E-state index is 0.0894. The molecule has 0 radical (unpaired) electrons. The molecular weight excluding hydrogens is 426 g/mol. The number of anilines is 2. The third-order valence-electron chi connectivity index (χ3n) is 5.66. The van der Waals surface area contributed by atoms with Crippen LogP contribution in [0.15, 0.2) is 36.4 Å². The van der Waals surface area contributed by atoms with E-state index in [1.807, 2.05) is 55.1 Å². The number of para-hydroxylation sites is 1. The lowest BCUT2D eigenvalue weighted by atomic mass is 10.0. The van der Waals surface area contributed by atoms with Crippen molar-refractivity contribution in [3.05, 3.63) is 52.5 Å². The topological polar surface area (TPSA) is 61.9 Å². The molecule has 0 atom stereocenters.